The van der Waals surface area contributed by atoms with Crippen molar-refractivity contribution >= 4 is 0 Å². The molecule has 0 unspecified atom stereocenters. The van der Waals surface area contributed by atoms with Crippen LogP contribution in [0, 0.1) is 0 Å². The lowest BCUT2D eigenvalue weighted by Crippen LogP contribution is -2.44. The number of hydrogen-bond donors (Lipinski definition) is 0. The van der Waals surface area contributed by atoms with Crippen LogP contribution in [-0.4, -0.2) is 11.8 Å². The minimum Gasteiger partial charge on any atom is -0.204 e. The fourth-order valence-corrected chi connectivity index (χ4v) is 2.90. The van der Waals surface area contributed by atoms with Gasteiger partial charge in [0.05, 0.1) is 0 Å². The summed E-state index contributed by atoms with van der Waals surface area (Å²) >= 11 is 0. The Balaban J connectivity index is 2.39. The average Bonchev–Trinajstić information content (AvgIpc) is 2.59. The van der Waals surface area contributed by atoms with Crippen LogP contribution in [0.2, 0.25) is 0 Å². The molecule has 0 aliphatic heterocycles. The van der Waals surface area contributed by atoms with E-state index in [0.29, 0.717) is 6.42 Å². The van der Waals surface area contributed by atoms with Crippen molar-refractivity contribution < 1.29 is 26.3 Å². The molecule has 2 aliphatic rings. The fourth-order valence-electron chi connectivity index (χ4n) is 2.90. The number of alkyl halides is 4. The largest absolute Gasteiger partial charge is 0.339 e. The molecule has 0 N–H and O–H groups in total. The summed E-state index contributed by atoms with van der Waals surface area (Å²) in [7, 11) is 0. The zero-order chi connectivity index (χ0) is 19.9. The van der Waals surface area contributed by atoms with Crippen molar-refractivity contribution in [1.29, 1.82) is 0 Å². The van der Waals surface area contributed by atoms with Crippen LogP contribution in [-0.2, 0) is 0 Å². The second-order valence-corrected chi connectivity index (χ2v) is 6.70. The smallest absolute Gasteiger partial charge is 0.204 e. The minimum absolute atomic E-state index is 0.00749. The molecule has 0 bridgehead atoms. The first kappa shape index (κ1) is 20.3. The number of allylic oxidation sites excluding steroid dienone is 10. The first-order valence-corrected chi connectivity index (χ1v) is 8.17. The van der Waals surface area contributed by atoms with E-state index < -0.39 is 40.2 Å². The van der Waals surface area contributed by atoms with Gasteiger partial charge < -0.3 is 0 Å². The van der Waals surface area contributed by atoms with Crippen molar-refractivity contribution in [2.45, 2.75) is 51.4 Å². The molecule has 142 valence electrons. The molecule has 0 aromatic heterocycles. The minimum atomic E-state index is -4.79. The third kappa shape index (κ3) is 3.33. The van der Waals surface area contributed by atoms with Gasteiger partial charge >= 0.3 is 11.8 Å². The van der Waals surface area contributed by atoms with E-state index in [4.69, 9.17) is 0 Å². The van der Waals surface area contributed by atoms with Gasteiger partial charge in [-0.05, 0) is 50.7 Å². The van der Waals surface area contributed by atoms with Crippen LogP contribution in [0.15, 0.2) is 70.4 Å². The number of hydrogen-bond acceptors (Lipinski definition) is 0. The van der Waals surface area contributed by atoms with Crippen LogP contribution in [0.4, 0.5) is 26.3 Å². The Hall–Kier alpha value is -1.98. The summed E-state index contributed by atoms with van der Waals surface area (Å²) < 4.78 is 86.0. The second-order valence-electron chi connectivity index (χ2n) is 6.70. The summed E-state index contributed by atoms with van der Waals surface area (Å²) in [5.74, 6) is -12.3. The maximum atomic E-state index is 14.6. The standard InChI is InChI=1S/C20H20F6/c1-11-5-8-15(9-6-11)13(3)19(23,24)20(25,26)14(4)16-10-7-12(2)17(21)18(16)22/h5,8H,3-4,6-7,9-10H2,1-2H3. The normalized spacial score (nSPS) is 19.4. The Labute approximate surface area is 149 Å². The van der Waals surface area contributed by atoms with Crippen LogP contribution in [0.3, 0.4) is 0 Å². The first-order chi connectivity index (χ1) is 11.9. The van der Waals surface area contributed by atoms with Crippen molar-refractivity contribution in [3.05, 3.63) is 70.4 Å². The van der Waals surface area contributed by atoms with Gasteiger partial charge in [0, 0.05) is 16.7 Å². The zero-order valence-corrected chi connectivity index (χ0v) is 14.7. The molecular weight excluding hydrogens is 354 g/mol. The molecule has 0 heterocycles. The average molecular weight is 374 g/mol. The van der Waals surface area contributed by atoms with E-state index >= 15 is 0 Å². The fraction of sp³-hybridized carbons (Fsp3) is 0.400. The van der Waals surface area contributed by atoms with E-state index in [0.717, 1.165) is 5.57 Å². The monoisotopic (exact) mass is 374 g/mol. The van der Waals surface area contributed by atoms with Gasteiger partial charge in [0.15, 0.2) is 11.7 Å². The molecule has 0 amide bonds. The van der Waals surface area contributed by atoms with Gasteiger partial charge in [-0.2, -0.15) is 17.6 Å². The quantitative estimate of drug-likeness (QED) is 0.443. The predicted molar refractivity (Wildman–Crippen MR) is 90.4 cm³/mol. The molecule has 0 spiro atoms. The van der Waals surface area contributed by atoms with Gasteiger partial charge in [-0.3, -0.25) is 0 Å². The lowest BCUT2D eigenvalue weighted by molar-refractivity contribution is -0.158. The van der Waals surface area contributed by atoms with E-state index in [1.165, 1.54) is 13.0 Å². The molecule has 2 aliphatic carbocycles. The maximum Gasteiger partial charge on any atom is 0.339 e. The Bertz CT molecular complexity index is 774. The Morgan fingerprint density at radius 3 is 1.92 bits per heavy atom. The molecule has 0 aromatic carbocycles. The second kappa shape index (κ2) is 6.97. The molecule has 0 atom stereocenters. The summed E-state index contributed by atoms with van der Waals surface area (Å²) in [4.78, 5) is 0. The molecule has 0 aromatic rings. The number of halogens is 6. The first-order valence-electron chi connectivity index (χ1n) is 8.17. The third-order valence-electron chi connectivity index (χ3n) is 4.84. The van der Waals surface area contributed by atoms with Crippen LogP contribution in [0.25, 0.3) is 0 Å². The van der Waals surface area contributed by atoms with Crippen molar-refractivity contribution in [3.8, 4) is 0 Å². The van der Waals surface area contributed by atoms with Crippen molar-refractivity contribution in [3.63, 3.8) is 0 Å². The molecule has 2 rings (SSSR count). The zero-order valence-electron chi connectivity index (χ0n) is 14.7. The summed E-state index contributed by atoms with van der Waals surface area (Å²) in [6, 6.07) is 0. The van der Waals surface area contributed by atoms with E-state index in [-0.39, 0.29) is 30.4 Å². The highest BCUT2D eigenvalue weighted by Crippen LogP contribution is 2.50. The Morgan fingerprint density at radius 2 is 1.38 bits per heavy atom. The van der Waals surface area contributed by atoms with Crippen molar-refractivity contribution in [2.24, 2.45) is 0 Å². The van der Waals surface area contributed by atoms with E-state index in [9.17, 15) is 26.3 Å². The highest BCUT2D eigenvalue weighted by Gasteiger charge is 2.61. The lowest BCUT2D eigenvalue weighted by atomic mass is 9.83. The molecule has 0 fully saturated rings. The molecule has 0 saturated carbocycles. The van der Waals surface area contributed by atoms with Crippen LogP contribution in [0.5, 0.6) is 0 Å². The molecule has 0 nitrogen and oxygen atoms in total. The van der Waals surface area contributed by atoms with Crippen molar-refractivity contribution in [2.75, 3.05) is 0 Å². The number of rotatable bonds is 5. The van der Waals surface area contributed by atoms with E-state index in [1.807, 2.05) is 0 Å². The van der Waals surface area contributed by atoms with Gasteiger partial charge in [-0.15, -0.1) is 0 Å². The SMILES string of the molecule is C=C(C1=CC=C(C)CC1)C(F)(F)C(F)(F)C(=C)C1=C(F)C(F)=C(C)CC1. The molecule has 0 saturated heterocycles. The molecule has 6 heteroatoms. The van der Waals surface area contributed by atoms with E-state index in [1.54, 1.807) is 13.0 Å². The van der Waals surface area contributed by atoms with Gasteiger partial charge in [0.2, 0.25) is 0 Å². The van der Waals surface area contributed by atoms with Crippen molar-refractivity contribution in [1.82, 2.24) is 0 Å². The summed E-state index contributed by atoms with van der Waals surface area (Å²) in [6.07, 6.45) is 3.17. The lowest BCUT2D eigenvalue weighted by Gasteiger charge is -2.32. The highest BCUT2D eigenvalue weighted by molar-refractivity contribution is 5.50. The van der Waals surface area contributed by atoms with Crippen LogP contribution >= 0.6 is 0 Å². The molecule has 0 radical (unpaired) electrons. The van der Waals surface area contributed by atoms with Gasteiger partial charge in [-0.1, -0.05) is 30.9 Å². The molecule has 26 heavy (non-hydrogen) atoms. The molecular formula is C20H20F6. The van der Waals surface area contributed by atoms with Gasteiger partial charge in [0.1, 0.15) is 0 Å². The van der Waals surface area contributed by atoms with E-state index in [2.05, 4.69) is 13.2 Å². The maximum absolute atomic E-state index is 14.6. The summed E-state index contributed by atoms with van der Waals surface area (Å²) in [5.41, 5.74) is -2.25. The van der Waals surface area contributed by atoms with Crippen LogP contribution in [0.1, 0.15) is 39.5 Å². The topological polar surface area (TPSA) is 0 Å². The highest BCUT2D eigenvalue weighted by atomic mass is 19.3. The Morgan fingerprint density at radius 1 is 0.808 bits per heavy atom. The van der Waals surface area contributed by atoms with Crippen LogP contribution < -0.4 is 0 Å². The van der Waals surface area contributed by atoms with Gasteiger partial charge in [-0.25, -0.2) is 8.78 Å². The Kier molecular flexibility index (Phi) is 5.45. The summed E-state index contributed by atoms with van der Waals surface area (Å²) in [5, 5.41) is 0. The summed E-state index contributed by atoms with van der Waals surface area (Å²) in [6.45, 7) is 9.24. The van der Waals surface area contributed by atoms with Gasteiger partial charge in [0.25, 0.3) is 0 Å². The predicted octanol–water partition coefficient (Wildman–Crippen LogP) is 7.30. The third-order valence-corrected chi connectivity index (χ3v) is 4.84.